The van der Waals surface area contributed by atoms with Crippen LogP contribution in [-0.2, 0) is 4.79 Å². The fourth-order valence-corrected chi connectivity index (χ4v) is 3.42. The van der Waals surface area contributed by atoms with Crippen molar-refractivity contribution in [3.8, 4) is 0 Å². The van der Waals surface area contributed by atoms with E-state index in [4.69, 9.17) is 0 Å². The quantitative estimate of drug-likeness (QED) is 0.849. The van der Waals surface area contributed by atoms with Crippen molar-refractivity contribution in [2.75, 3.05) is 26.2 Å². The standard InChI is InChI=1S/C15H20N4OS/c1-10-3-4-12-13(9-10)18-15(17-12)21-11(2)14(20)19-7-5-16-6-8-19/h3-4,9,11,16H,5-8H2,1-2H3,(H,17,18). The summed E-state index contributed by atoms with van der Waals surface area (Å²) in [5, 5.41) is 3.95. The predicted octanol–water partition coefficient (Wildman–Crippen LogP) is 1.78. The Balaban J connectivity index is 1.70. The molecule has 1 aliphatic heterocycles. The monoisotopic (exact) mass is 304 g/mol. The van der Waals surface area contributed by atoms with E-state index in [0.717, 1.165) is 42.4 Å². The second kappa shape index (κ2) is 6.07. The van der Waals surface area contributed by atoms with Gasteiger partial charge in [0.1, 0.15) is 0 Å². The lowest BCUT2D eigenvalue weighted by atomic mass is 10.2. The number of benzene rings is 1. The molecule has 0 radical (unpaired) electrons. The molecular formula is C15H20N4OS. The summed E-state index contributed by atoms with van der Waals surface area (Å²) in [6.07, 6.45) is 0. The first kappa shape index (κ1) is 14.4. The van der Waals surface area contributed by atoms with Crippen molar-refractivity contribution in [1.29, 1.82) is 0 Å². The number of rotatable bonds is 3. The molecule has 1 aliphatic rings. The Bertz CT molecular complexity index is 648. The second-order valence-corrected chi connectivity index (χ2v) is 6.73. The number of nitrogens with one attached hydrogen (secondary N) is 2. The van der Waals surface area contributed by atoms with Crippen molar-refractivity contribution in [3.63, 3.8) is 0 Å². The van der Waals surface area contributed by atoms with E-state index < -0.39 is 0 Å². The molecule has 1 unspecified atom stereocenters. The van der Waals surface area contributed by atoms with Crippen molar-refractivity contribution < 1.29 is 4.79 Å². The normalized spacial score (nSPS) is 17.1. The minimum Gasteiger partial charge on any atom is -0.339 e. The number of H-pyrrole nitrogens is 1. The zero-order chi connectivity index (χ0) is 14.8. The van der Waals surface area contributed by atoms with Gasteiger partial charge in [-0.3, -0.25) is 4.79 Å². The molecule has 2 aromatic rings. The van der Waals surface area contributed by atoms with Gasteiger partial charge in [-0.15, -0.1) is 0 Å². The maximum absolute atomic E-state index is 12.4. The summed E-state index contributed by atoms with van der Waals surface area (Å²) in [6, 6.07) is 6.14. The van der Waals surface area contributed by atoms with Crippen molar-refractivity contribution in [3.05, 3.63) is 23.8 Å². The Morgan fingerprint density at radius 2 is 2.14 bits per heavy atom. The molecule has 2 N–H and O–H groups in total. The lowest BCUT2D eigenvalue weighted by Crippen LogP contribution is -2.48. The van der Waals surface area contributed by atoms with E-state index in [2.05, 4.69) is 28.3 Å². The fourth-order valence-electron chi connectivity index (χ4n) is 2.52. The number of amides is 1. The first-order chi connectivity index (χ1) is 10.1. The van der Waals surface area contributed by atoms with Gasteiger partial charge in [-0.1, -0.05) is 17.8 Å². The Kier molecular flexibility index (Phi) is 4.17. The molecule has 1 atom stereocenters. The van der Waals surface area contributed by atoms with Crippen LogP contribution in [-0.4, -0.2) is 52.2 Å². The lowest BCUT2D eigenvalue weighted by Gasteiger charge is -2.29. The van der Waals surface area contributed by atoms with Crippen LogP contribution >= 0.6 is 11.8 Å². The van der Waals surface area contributed by atoms with Gasteiger partial charge >= 0.3 is 0 Å². The van der Waals surface area contributed by atoms with Crippen LogP contribution in [0.1, 0.15) is 12.5 Å². The third-order valence-corrected chi connectivity index (χ3v) is 4.65. The molecule has 21 heavy (non-hydrogen) atoms. The third kappa shape index (κ3) is 3.22. The van der Waals surface area contributed by atoms with Gasteiger partial charge in [-0.25, -0.2) is 4.98 Å². The molecule has 0 saturated carbocycles. The number of aromatic nitrogens is 2. The Hall–Kier alpha value is -1.53. The van der Waals surface area contributed by atoms with Crippen molar-refractivity contribution in [2.24, 2.45) is 0 Å². The number of thioether (sulfide) groups is 1. The average molecular weight is 304 g/mol. The van der Waals surface area contributed by atoms with Gasteiger partial charge in [0.2, 0.25) is 5.91 Å². The van der Waals surface area contributed by atoms with Gasteiger partial charge in [0, 0.05) is 26.2 Å². The highest BCUT2D eigenvalue weighted by molar-refractivity contribution is 8.00. The summed E-state index contributed by atoms with van der Waals surface area (Å²) in [5.41, 5.74) is 3.18. The van der Waals surface area contributed by atoms with Gasteiger partial charge in [0.05, 0.1) is 16.3 Å². The molecule has 1 aromatic heterocycles. The van der Waals surface area contributed by atoms with Crippen LogP contribution in [0.3, 0.4) is 0 Å². The second-order valence-electron chi connectivity index (χ2n) is 5.40. The molecule has 0 spiro atoms. The Morgan fingerprint density at radius 1 is 1.38 bits per heavy atom. The fraction of sp³-hybridized carbons (Fsp3) is 0.467. The summed E-state index contributed by atoms with van der Waals surface area (Å²) >= 11 is 1.50. The summed E-state index contributed by atoms with van der Waals surface area (Å²) in [6.45, 7) is 7.36. The maximum atomic E-state index is 12.4. The van der Waals surface area contributed by atoms with Gasteiger partial charge in [0.25, 0.3) is 0 Å². The topological polar surface area (TPSA) is 61.0 Å². The molecule has 112 valence electrons. The SMILES string of the molecule is Cc1ccc2nc(SC(C)C(=O)N3CCNCC3)[nH]c2c1. The Labute approximate surface area is 128 Å². The number of hydrogen-bond donors (Lipinski definition) is 2. The molecule has 1 aromatic carbocycles. The zero-order valence-electron chi connectivity index (χ0n) is 12.3. The van der Waals surface area contributed by atoms with Crippen molar-refractivity contribution in [1.82, 2.24) is 20.2 Å². The number of aromatic amines is 1. The highest BCUT2D eigenvalue weighted by Gasteiger charge is 2.23. The first-order valence-electron chi connectivity index (χ1n) is 7.26. The summed E-state index contributed by atoms with van der Waals surface area (Å²) in [4.78, 5) is 22.2. The van der Waals surface area contributed by atoms with E-state index in [-0.39, 0.29) is 11.2 Å². The predicted molar refractivity (Wildman–Crippen MR) is 85.6 cm³/mol. The molecule has 2 heterocycles. The molecular weight excluding hydrogens is 284 g/mol. The molecule has 3 rings (SSSR count). The van der Waals surface area contributed by atoms with E-state index in [1.54, 1.807) is 0 Å². The van der Waals surface area contributed by atoms with Gasteiger partial charge in [-0.05, 0) is 31.5 Å². The molecule has 0 bridgehead atoms. The largest absolute Gasteiger partial charge is 0.339 e. The van der Waals surface area contributed by atoms with Crippen LogP contribution in [0.2, 0.25) is 0 Å². The van der Waals surface area contributed by atoms with E-state index in [1.807, 2.05) is 24.0 Å². The number of carbonyl (C=O) groups excluding carboxylic acids is 1. The number of carbonyl (C=O) groups is 1. The molecule has 1 fully saturated rings. The number of hydrogen-bond acceptors (Lipinski definition) is 4. The van der Waals surface area contributed by atoms with Crippen LogP contribution in [0.15, 0.2) is 23.4 Å². The number of aryl methyl sites for hydroxylation is 1. The number of piperazine rings is 1. The average Bonchev–Trinajstić information content (AvgIpc) is 2.88. The van der Waals surface area contributed by atoms with E-state index in [0.29, 0.717) is 0 Å². The van der Waals surface area contributed by atoms with Crippen LogP contribution in [0.25, 0.3) is 11.0 Å². The third-order valence-electron chi connectivity index (χ3n) is 3.68. The lowest BCUT2D eigenvalue weighted by molar-refractivity contribution is -0.130. The minimum atomic E-state index is -0.121. The maximum Gasteiger partial charge on any atom is 0.235 e. The highest BCUT2D eigenvalue weighted by atomic mass is 32.2. The number of fused-ring (bicyclic) bond motifs is 1. The zero-order valence-corrected chi connectivity index (χ0v) is 13.2. The van der Waals surface area contributed by atoms with Crippen LogP contribution in [0.4, 0.5) is 0 Å². The summed E-state index contributed by atoms with van der Waals surface area (Å²) in [7, 11) is 0. The highest BCUT2D eigenvalue weighted by Crippen LogP contribution is 2.25. The van der Waals surface area contributed by atoms with Crippen molar-refractivity contribution >= 4 is 28.7 Å². The first-order valence-corrected chi connectivity index (χ1v) is 8.14. The van der Waals surface area contributed by atoms with Crippen molar-refractivity contribution in [2.45, 2.75) is 24.3 Å². The number of imidazole rings is 1. The van der Waals surface area contributed by atoms with Gasteiger partial charge in [0.15, 0.2) is 5.16 Å². The van der Waals surface area contributed by atoms with Crippen LogP contribution < -0.4 is 5.32 Å². The molecule has 5 nitrogen and oxygen atoms in total. The summed E-state index contributed by atoms with van der Waals surface area (Å²) < 4.78 is 0. The van der Waals surface area contributed by atoms with Gasteiger partial charge < -0.3 is 15.2 Å². The summed E-state index contributed by atoms with van der Waals surface area (Å²) in [5.74, 6) is 0.193. The molecule has 0 aliphatic carbocycles. The smallest absolute Gasteiger partial charge is 0.235 e. The van der Waals surface area contributed by atoms with E-state index in [9.17, 15) is 4.79 Å². The molecule has 1 amide bonds. The van der Waals surface area contributed by atoms with Crippen LogP contribution in [0.5, 0.6) is 0 Å². The Morgan fingerprint density at radius 3 is 2.90 bits per heavy atom. The van der Waals surface area contributed by atoms with E-state index in [1.165, 1.54) is 17.3 Å². The van der Waals surface area contributed by atoms with Crippen LogP contribution in [0, 0.1) is 6.92 Å². The number of nitrogens with zero attached hydrogens (tertiary/aromatic N) is 2. The van der Waals surface area contributed by atoms with Gasteiger partial charge in [-0.2, -0.15) is 0 Å². The van der Waals surface area contributed by atoms with E-state index >= 15 is 0 Å². The molecule has 6 heteroatoms. The molecule has 1 saturated heterocycles. The minimum absolute atomic E-state index is 0.121.